The van der Waals surface area contributed by atoms with E-state index >= 15 is 0 Å². The highest BCUT2D eigenvalue weighted by Gasteiger charge is 2.06. The van der Waals surface area contributed by atoms with Gasteiger partial charge < -0.3 is 15.5 Å². The molecule has 2 aromatic carbocycles. The monoisotopic (exact) mass is 273 g/mol. The Kier molecular flexibility index (Phi) is 4.20. The average Bonchev–Trinajstić information content (AvgIpc) is 2.42. The number of urea groups is 1. The summed E-state index contributed by atoms with van der Waals surface area (Å²) in [5.74, 6) is -0.467. The fourth-order valence-electron chi connectivity index (χ4n) is 1.69. The van der Waals surface area contributed by atoms with E-state index in [1.54, 1.807) is 24.3 Å². The Hall–Kier alpha value is -2.56. The Bertz CT molecular complexity index is 596. The van der Waals surface area contributed by atoms with Crippen LogP contribution >= 0.6 is 0 Å². The van der Waals surface area contributed by atoms with E-state index < -0.39 is 11.8 Å². The smallest absolute Gasteiger partial charge is 0.323 e. The van der Waals surface area contributed by atoms with Gasteiger partial charge in [-0.25, -0.2) is 9.18 Å². The van der Waals surface area contributed by atoms with Crippen LogP contribution in [0.3, 0.4) is 0 Å². The molecule has 0 bridgehead atoms. The van der Waals surface area contributed by atoms with Crippen LogP contribution in [0.15, 0.2) is 48.5 Å². The number of anilines is 3. The van der Waals surface area contributed by atoms with Gasteiger partial charge in [0.25, 0.3) is 0 Å². The van der Waals surface area contributed by atoms with Crippen molar-refractivity contribution in [2.24, 2.45) is 0 Å². The highest BCUT2D eigenvalue weighted by atomic mass is 19.1. The van der Waals surface area contributed by atoms with Gasteiger partial charge in [0.05, 0.1) is 5.69 Å². The summed E-state index contributed by atoms with van der Waals surface area (Å²) < 4.78 is 13.4. The minimum atomic E-state index is -0.479. The number of para-hydroxylation sites is 1. The number of amides is 2. The molecule has 104 valence electrons. The molecule has 0 spiro atoms. The third-order valence-corrected chi connectivity index (χ3v) is 2.76. The van der Waals surface area contributed by atoms with Gasteiger partial charge in [0.15, 0.2) is 0 Å². The normalized spacial score (nSPS) is 9.95. The first-order chi connectivity index (χ1) is 9.56. The SMILES string of the molecule is CN(C)c1ccc(NC(=O)Nc2ccccc2F)cc1. The molecule has 0 fully saturated rings. The molecule has 2 amide bonds. The third-order valence-electron chi connectivity index (χ3n) is 2.76. The molecule has 2 N–H and O–H groups in total. The lowest BCUT2D eigenvalue weighted by molar-refractivity contribution is 0.262. The summed E-state index contributed by atoms with van der Waals surface area (Å²) in [5.41, 5.74) is 1.82. The number of carbonyl (C=O) groups is 1. The second-order valence-electron chi connectivity index (χ2n) is 4.50. The van der Waals surface area contributed by atoms with Gasteiger partial charge in [-0.1, -0.05) is 12.1 Å². The second kappa shape index (κ2) is 6.06. The molecular weight excluding hydrogens is 257 g/mol. The summed E-state index contributed by atoms with van der Waals surface area (Å²) in [6.45, 7) is 0. The van der Waals surface area contributed by atoms with Crippen molar-refractivity contribution < 1.29 is 9.18 Å². The first-order valence-electron chi connectivity index (χ1n) is 6.16. The van der Waals surface area contributed by atoms with Crippen LogP contribution in [0.1, 0.15) is 0 Å². The predicted molar refractivity (Wildman–Crippen MR) is 79.8 cm³/mol. The Morgan fingerprint density at radius 3 is 2.25 bits per heavy atom. The Labute approximate surface area is 117 Å². The van der Waals surface area contributed by atoms with Crippen LogP contribution in [0.4, 0.5) is 26.2 Å². The van der Waals surface area contributed by atoms with Crippen molar-refractivity contribution in [3.8, 4) is 0 Å². The minimum absolute atomic E-state index is 0.148. The van der Waals surface area contributed by atoms with E-state index in [-0.39, 0.29) is 5.69 Å². The van der Waals surface area contributed by atoms with E-state index in [0.717, 1.165) is 5.69 Å². The van der Waals surface area contributed by atoms with Gasteiger partial charge in [-0.15, -0.1) is 0 Å². The minimum Gasteiger partial charge on any atom is -0.378 e. The van der Waals surface area contributed by atoms with Crippen molar-refractivity contribution in [1.82, 2.24) is 0 Å². The van der Waals surface area contributed by atoms with E-state index in [4.69, 9.17) is 0 Å². The van der Waals surface area contributed by atoms with Crippen molar-refractivity contribution in [2.75, 3.05) is 29.6 Å². The van der Waals surface area contributed by atoms with Crippen LogP contribution in [-0.4, -0.2) is 20.1 Å². The van der Waals surface area contributed by atoms with Gasteiger partial charge in [0.2, 0.25) is 0 Å². The standard InChI is InChI=1S/C15H16FN3O/c1-19(2)12-9-7-11(8-10-12)17-15(20)18-14-6-4-3-5-13(14)16/h3-10H,1-2H3,(H2,17,18,20). The molecule has 0 atom stereocenters. The molecule has 0 aromatic heterocycles. The van der Waals surface area contributed by atoms with Crippen LogP contribution in [0, 0.1) is 5.82 Å². The molecule has 0 aliphatic heterocycles. The number of hydrogen-bond donors (Lipinski definition) is 2. The number of nitrogens with zero attached hydrogens (tertiary/aromatic N) is 1. The molecule has 2 rings (SSSR count). The first-order valence-corrected chi connectivity index (χ1v) is 6.16. The number of rotatable bonds is 3. The molecule has 0 aliphatic carbocycles. The van der Waals surface area contributed by atoms with E-state index in [0.29, 0.717) is 5.69 Å². The maximum atomic E-state index is 13.4. The van der Waals surface area contributed by atoms with Crippen LogP contribution in [0.5, 0.6) is 0 Å². The lowest BCUT2D eigenvalue weighted by Crippen LogP contribution is -2.20. The van der Waals surface area contributed by atoms with Crippen molar-refractivity contribution in [1.29, 1.82) is 0 Å². The average molecular weight is 273 g/mol. The maximum Gasteiger partial charge on any atom is 0.323 e. The summed E-state index contributed by atoms with van der Waals surface area (Å²) in [7, 11) is 3.88. The second-order valence-corrected chi connectivity index (χ2v) is 4.50. The van der Waals surface area contributed by atoms with Crippen LogP contribution in [0.2, 0.25) is 0 Å². The van der Waals surface area contributed by atoms with Gasteiger partial charge in [-0.05, 0) is 36.4 Å². The van der Waals surface area contributed by atoms with E-state index in [1.807, 2.05) is 31.1 Å². The van der Waals surface area contributed by atoms with E-state index in [1.165, 1.54) is 12.1 Å². The summed E-state index contributed by atoms with van der Waals surface area (Å²) in [6, 6.07) is 12.9. The van der Waals surface area contributed by atoms with Crippen molar-refractivity contribution in [2.45, 2.75) is 0 Å². The molecule has 0 saturated heterocycles. The topological polar surface area (TPSA) is 44.4 Å². The quantitative estimate of drug-likeness (QED) is 0.898. The van der Waals surface area contributed by atoms with Gasteiger partial charge in [-0.2, -0.15) is 0 Å². The molecule has 20 heavy (non-hydrogen) atoms. The lowest BCUT2D eigenvalue weighted by Gasteiger charge is -2.13. The zero-order chi connectivity index (χ0) is 14.5. The fourth-order valence-corrected chi connectivity index (χ4v) is 1.69. The molecule has 0 radical (unpaired) electrons. The highest BCUT2D eigenvalue weighted by molar-refractivity contribution is 5.99. The lowest BCUT2D eigenvalue weighted by atomic mass is 10.2. The Morgan fingerprint density at radius 1 is 1.00 bits per heavy atom. The third kappa shape index (κ3) is 3.47. The molecule has 0 saturated carbocycles. The number of halogens is 1. The first kappa shape index (κ1) is 13.9. The number of benzene rings is 2. The van der Waals surface area contributed by atoms with Crippen molar-refractivity contribution >= 4 is 23.1 Å². The summed E-state index contributed by atoms with van der Waals surface area (Å²) in [6.07, 6.45) is 0. The predicted octanol–water partition coefficient (Wildman–Crippen LogP) is 3.54. The zero-order valence-corrected chi connectivity index (χ0v) is 11.4. The number of hydrogen-bond acceptors (Lipinski definition) is 2. The highest BCUT2D eigenvalue weighted by Crippen LogP contribution is 2.17. The summed E-state index contributed by atoms with van der Waals surface area (Å²) >= 11 is 0. The zero-order valence-electron chi connectivity index (χ0n) is 11.4. The van der Waals surface area contributed by atoms with Gasteiger partial charge in [-0.3, -0.25) is 0 Å². The molecular formula is C15H16FN3O. The van der Waals surface area contributed by atoms with Crippen molar-refractivity contribution in [3.05, 3.63) is 54.3 Å². The number of nitrogens with one attached hydrogen (secondary N) is 2. The molecule has 5 heteroatoms. The van der Waals surface area contributed by atoms with Gasteiger partial charge in [0, 0.05) is 25.5 Å². The van der Waals surface area contributed by atoms with E-state index in [9.17, 15) is 9.18 Å². The van der Waals surface area contributed by atoms with E-state index in [2.05, 4.69) is 10.6 Å². The molecule has 0 unspecified atom stereocenters. The van der Waals surface area contributed by atoms with Crippen LogP contribution in [-0.2, 0) is 0 Å². The van der Waals surface area contributed by atoms with Crippen LogP contribution in [0.25, 0.3) is 0 Å². The van der Waals surface area contributed by atoms with Gasteiger partial charge in [0.1, 0.15) is 5.82 Å². The van der Waals surface area contributed by atoms with Gasteiger partial charge >= 0.3 is 6.03 Å². The van der Waals surface area contributed by atoms with Crippen molar-refractivity contribution in [3.63, 3.8) is 0 Å². The molecule has 0 aliphatic rings. The molecule has 2 aromatic rings. The molecule has 4 nitrogen and oxygen atoms in total. The Balaban J connectivity index is 1.99. The summed E-state index contributed by atoms with van der Waals surface area (Å²) in [4.78, 5) is 13.7. The number of carbonyl (C=O) groups excluding carboxylic acids is 1. The largest absolute Gasteiger partial charge is 0.378 e. The Morgan fingerprint density at radius 2 is 1.65 bits per heavy atom. The molecule has 0 heterocycles. The maximum absolute atomic E-state index is 13.4. The fraction of sp³-hybridized carbons (Fsp3) is 0.133. The van der Waals surface area contributed by atoms with Crippen LogP contribution < -0.4 is 15.5 Å². The summed E-state index contributed by atoms with van der Waals surface area (Å²) in [5, 5.41) is 5.11.